The molecule has 2 amide bonds. The fraction of sp³-hybridized carbons (Fsp3) is 0.600. The van der Waals surface area contributed by atoms with Crippen LogP contribution in [-0.2, 0) is 4.79 Å². The lowest BCUT2D eigenvalue weighted by Gasteiger charge is -2.39. The molecule has 0 aromatic carbocycles. The molecule has 5 nitrogen and oxygen atoms in total. The number of amides is 2. The number of hydrogen-bond donors (Lipinski definition) is 3. The molecule has 1 heterocycles. The Hall–Kier alpha value is -1.40. The largest absolute Gasteiger partial charge is 0.394 e. The Kier molecular flexibility index (Phi) is 5.36. The zero-order chi connectivity index (χ0) is 15.3. The van der Waals surface area contributed by atoms with Crippen molar-refractivity contribution in [3.05, 3.63) is 22.4 Å². The monoisotopic (exact) mass is 310 g/mol. The van der Waals surface area contributed by atoms with E-state index in [2.05, 4.69) is 17.6 Å². The van der Waals surface area contributed by atoms with Gasteiger partial charge in [0.25, 0.3) is 5.91 Å². The van der Waals surface area contributed by atoms with Crippen LogP contribution in [-0.4, -0.2) is 35.6 Å². The van der Waals surface area contributed by atoms with E-state index in [4.69, 9.17) is 0 Å². The van der Waals surface area contributed by atoms with Gasteiger partial charge >= 0.3 is 0 Å². The third-order valence-corrected chi connectivity index (χ3v) is 4.82. The summed E-state index contributed by atoms with van der Waals surface area (Å²) in [6, 6.07) is 3.51. The van der Waals surface area contributed by atoms with Crippen LogP contribution in [0.15, 0.2) is 17.5 Å². The summed E-state index contributed by atoms with van der Waals surface area (Å²) in [5.41, 5.74) is -0.525. The molecule has 1 aliphatic carbocycles. The van der Waals surface area contributed by atoms with Crippen LogP contribution >= 0.6 is 11.3 Å². The number of thiophene rings is 1. The zero-order valence-electron chi connectivity index (χ0n) is 12.2. The number of carbonyl (C=O) groups is 2. The van der Waals surface area contributed by atoms with Crippen molar-refractivity contribution in [3.8, 4) is 0 Å². The lowest BCUT2D eigenvalue weighted by atomic mass is 9.77. The van der Waals surface area contributed by atoms with E-state index >= 15 is 0 Å². The van der Waals surface area contributed by atoms with E-state index in [0.717, 1.165) is 25.7 Å². The molecule has 2 unspecified atom stereocenters. The van der Waals surface area contributed by atoms with Gasteiger partial charge in [-0.2, -0.15) is 0 Å². The number of rotatable bonds is 5. The van der Waals surface area contributed by atoms with Gasteiger partial charge in [-0.25, -0.2) is 0 Å². The molecule has 1 aliphatic rings. The Morgan fingerprint density at radius 3 is 2.95 bits per heavy atom. The van der Waals surface area contributed by atoms with Crippen LogP contribution in [0.3, 0.4) is 0 Å². The van der Waals surface area contributed by atoms with Crippen molar-refractivity contribution in [2.24, 2.45) is 5.92 Å². The second kappa shape index (κ2) is 7.04. The summed E-state index contributed by atoms with van der Waals surface area (Å²) in [6.45, 7) is 2.02. The van der Waals surface area contributed by atoms with Crippen LogP contribution in [0, 0.1) is 5.92 Å². The highest BCUT2D eigenvalue weighted by molar-refractivity contribution is 7.12. The Labute approximate surface area is 128 Å². The quantitative estimate of drug-likeness (QED) is 0.772. The predicted octanol–water partition coefficient (Wildman–Crippen LogP) is 1.54. The van der Waals surface area contributed by atoms with E-state index in [1.54, 1.807) is 12.1 Å². The summed E-state index contributed by atoms with van der Waals surface area (Å²) in [6.07, 6.45) is 3.71. The summed E-state index contributed by atoms with van der Waals surface area (Å²) < 4.78 is 0. The van der Waals surface area contributed by atoms with Gasteiger partial charge in [-0.05, 0) is 30.2 Å². The van der Waals surface area contributed by atoms with E-state index in [0.29, 0.717) is 10.8 Å². The highest BCUT2D eigenvalue weighted by Crippen LogP contribution is 2.31. The van der Waals surface area contributed by atoms with E-state index in [9.17, 15) is 14.7 Å². The average Bonchev–Trinajstić information content (AvgIpc) is 2.99. The highest BCUT2D eigenvalue weighted by atomic mass is 32.1. The molecule has 1 aromatic rings. The molecule has 0 aliphatic heterocycles. The Balaban J connectivity index is 1.84. The van der Waals surface area contributed by atoms with Crippen LogP contribution in [0.2, 0.25) is 0 Å². The normalized spacial score (nSPS) is 25.3. The smallest absolute Gasteiger partial charge is 0.261 e. The average molecular weight is 310 g/mol. The predicted molar refractivity (Wildman–Crippen MR) is 82.2 cm³/mol. The fourth-order valence-electron chi connectivity index (χ4n) is 2.95. The number of aliphatic hydroxyl groups excluding tert-OH is 1. The van der Waals surface area contributed by atoms with Gasteiger partial charge in [0.2, 0.25) is 5.91 Å². The number of carbonyl (C=O) groups excluding carboxylic acids is 2. The van der Waals surface area contributed by atoms with Crippen LogP contribution in [0.5, 0.6) is 0 Å². The van der Waals surface area contributed by atoms with Crippen LogP contribution in [0.25, 0.3) is 0 Å². The topological polar surface area (TPSA) is 78.4 Å². The van der Waals surface area contributed by atoms with Crippen molar-refractivity contribution in [1.29, 1.82) is 0 Å². The first-order chi connectivity index (χ1) is 10.0. The third kappa shape index (κ3) is 4.28. The van der Waals surface area contributed by atoms with E-state index in [-0.39, 0.29) is 25.0 Å². The maximum atomic E-state index is 12.0. The van der Waals surface area contributed by atoms with Crippen LogP contribution in [0.1, 0.15) is 42.3 Å². The molecule has 1 fully saturated rings. The molecule has 1 saturated carbocycles. The minimum absolute atomic E-state index is 0.0536. The molecule has 2 atom stereocenters. The van der Waals surface area contributed by atoms with Crippen molar-refractivity contribution >= 4 is 23.2 Å². The van der Waals surface area contributed by atoms with Crippen LogP contribution < -0.4 is 10.6 Å². The molecule has 3 N–H and O–H groups in total. The summed E-state index contributed by atoms with van der Waals surface area (Å²) in [5, 5.41) is 17.0. The van der Waals surface area contributed by atoms with Crippen molar-refractivity contribution in [2.45, 2.75) is 38.1 Å². The van der Waals surface area contributed by atoms with Gasteiger partial charge in [-0.1, -0.05) is 25.8 Å². The Bertz CT molecular complexity index is 489. The van der Waals surface area contributed by atoms with E-state index < -0.39 is 5.54 Å². The van der Waals surface area contributed by atoms with Crippen molar-refractivity contribution < 1.29 is 14.7 Å². The fourth-order valence-corrected chi connectivity index (χ4v) is 3.59. The number of hydrogen-bond acceptors (Lipinski definition) is 4. The number of nitrogens with one attached hydrogen (secondary N) is 2. The molecule has 0 bridgehead atoms. The molecular formula is C15H22N2O3S. The van der Waals surface area contributed by atoms with Gasteiger partial charge in [-0.3, -0.25) is 9.59 Å². The zero-order valence-corrected chi connectivity index (χ0v) is 13.0. The molecular weight excluding hydrogens is 288 g/mol. The SMILES string of the molecule is CC1CCCC(CO)(NC(=O)CNC(=O)c2cccs2)C1. The van der Waals surface area contributed by atoms with Gasteiger partial charge < -0.3 is 15.7 Å². The van der Waals surface area contributed by atoms with Crippen molar-refractivity contribution in [1.82, 2.24) is 10.6 Å². The minimum atomic E-state index is -0.525. The van der Waals surface area contributed by atoms with Crippen molar-refractivity contribution in [3.63, 3.8) is 0 Å². The molecule has 0 saturated heterocycles. The standard InChI is InChI=1S/C15H22N2O3S/c1-11-4-2-6-15(8-11,10-18)17-13(19)9-16-14(20)12-5-3-7-21-12/h3,5,7,11,18H,2,4,6,8-10H2,1H3,(H,16,20)(H,17,19). The minimum Gasteiger partial charge on any atom is -0.394 e. The second-order valence-corrected chi connectivity index (χ2v) is 6.80. The molecule has 2 rings (SSSR count). The molecule has 1 aromatic heterocycles. The van der Waals surface area contributed by atoms with Gasteiger partial charge in [0.1, 0.15) is 0 Å². The van der Waals surface area contributed by atoms with E-state index in [1.165, 1.54) is 11.3 Å². The molecule has 0 spiro atoms. The maximum Gasteiger partial charge on any atom is 0.261 e. The molecule has 6 heteroatoms. The number of aliphatic hydroxyl groups is 1. The summed E-state index contributed by atoms with van der Waals surface area (Å²) in [4.78, 5) is 24.4. The van der Waals surface area contributed by atoms with Crippen LogP contribution in [0.4, 0.5) is 0 Å². The molecule has 116 valence electrons. The first-order valence-electron chi connectivity index (χ1n) is 7.28. The van der Waals surface area contributed by atoms with Crippen molar-refractivity contribution in [2.75, 3.05) is 13.2 Å². The summed E-state index contributed by atoms with van der Waals surface area (Å²) in [5.74, 6) is 0.00479. The third-order valence-electron chi connectivity index (χ3n) is 3.95. The first kappa shape index (κ1) is 16.0. The van der Waals surface area contributed by atoms with Gasteiger partial charge in [0.15, 0.2) is 0 Å². The Morgan fingerprint density at radius 1 is 1.52 bits per heavy atom. The molecule has 0 radical (unpaired) electrons. The lowest BCUT2D eigenvalue weighted by molar-refractivity contribution is -0.123. The Morgan fingerprint density at radius 2 is 2.33 bits per heavy atom. The summed E-state index contributed by atoms with van der Waals surface area (Å²) >= 11 is 1.34. The van der Waals surface area contributed by atoms with E-state index in [1.807, 2.05) is 5.38 Å². The lowest BCUT2D eigenvalue weighted by Crippen LogP contribution is -2.55. The maximum absolute atomic E-state index is 12.0. The summed E-state index contributed by atoms with van der Waals surface area (Å²) in [7, 11) is 0. The van der Waals surface area contributed by atoms with Gasteiger partial charge in [0, 0.05) is 0 Å². The second-order valence-electron chi connectivity index (χ2n) is 5.85. The van der Waals surface area contributed by atoms with Gasteiger partial charge in [-0.15, -0.1) is 11.3 Å². The molecule has 21 heavy (non-hydrogen) atoms. The highest BCUT2D eigenvalue weighted by Gasteiger charge is 2.35. The van der Waals surface area contributed by atoms with Gasteiger partial charge in [0.05, 0.1) is 23.6 Å². The first-order valence-corrected chi connectivity index (χ1v) is 8.16.